The van der Waals surface area contributed by atoms with E-state index in [9.17, 15) is 18.0 Å². The Kier molecular flexibility index (Phi) is 6.43. The number of hydrogen-bond acceptors (Lipinski definition) is 4. The summed E-state index contributed by atoms with van der Waals surface area (Å²) in [7, 11) is 0. The van der Waals surface area contributed by atoms with Crippen LogP contribution in [0.5, 0.6) is 0 Å². The third-order valence-electron chi connectivity index (χ3n) is 5.01. The first-order chi connectivity index (χ1) is 14.0. The molecule has 0 bridgehead atoms. The molecule has 0 aliphatic carbocycles. The maximum absolute atomic E-state index is 13.2. The van der Waals surface area contributed by atoms with E-state index < -0.39 is 16.9 Å². The first kappa shape index (κ1) is 22.6. The molecule has 1 aliphatic heterocycles. The highest BCUT2D eigenvalue weighted by molar-refractivity contribution is 6.33. The first-order valence-corrected chi connectivity index (χ1v) is 10.2. The van der Waals surface area contributed by atoms with Crippen molar-refractivity contribution in [3.05, 3.63) is 39.6 Å². The largest absolute Gasteiger partial charge is 0.436 e. The Morgan fingerprint density at radius 2 is 1.83 bits per heavy atom. The van der Waals surface area contributed by atoms with Gasteiger partial charge in [0.15, 0.2) is 5.69 Å². The summed E-state index contributed by atoms with van der Waals surface area (Å²) in [6, 6.07) is 5.35. The fourth-order valence-electron chi connectivity index (χ4n) is 3.48. The van der Waals surface area contributed by atoms with Crippen LogP contribution in [0.2, 0.25) is 10.0 Å². The van der Waals surface area contributed by atoms with E-state index in [0.29, 0.717) is 36.9 Å². The normalized spacial score (nSPS) is 15.2. The van der Waals surface area contributed by atoms with Gasteiger partial charge in [-0.05, 0) is 24.1 Å². The summed E-state index contributed by atoms with van der Waals surface area (Å²) in [4.78, 5) is 16.4. The van der Waals surface area contributed by atoms with Gasteiger partial charge in [-0.15, -0.1) is 0 Å². The summed E-state index contributed by atoms with van der Waals surface area (Å²) in [5.74, 6) is -0.624. The minimum absolute atomic E-state index is 0.201. The number of piperazine rings is 1. The number of anilines is 2. The van der Waals surface area contributed by atoms with Crippen LogP contribution in [0, 0.1) is 0 Å². The maximum atomic E-state index is 13.2. The molecule has 1 fully saturated rings. The summed E-state index contributed by atoms with van der Waals surface area (Å²) in [6.07, 6.45) is -4.68. The summed E-state index contributed by atoms with van der Waals surface area (Å²) < 4.78 is 40.6. The topological polar surface area (TPSA) is 67.4 Å². The Morgan fingerprint density at radius 3 is 2.37 bits per heavy atom. The van der Waals surface area contributed by atoms with Gasteiger partial charge in [-0.2, -0.15) is 18.3 Å². The van der Waals surface area contributed by atoms with E-state index in [2.05, 4.69) is 10.00 Å². The summed E-state index contributed by atoms with van der Waals surface area (Å²) in [5, 5.41) is 3.62. The fraction of sp³-hybridized carbons (Fsp3) is 0.474. The van der Waals surface area contributed by atoms with E-state index in [4.69, 9.17) is 28.9 Å². The number of carbonyl (C=O) groups is 1. The van der Waals surface area contributed by atoms with Gasteiger partial charge in [0.1, 0.15) is 6.54 Å². The maximum Gasteiger partial charge on any atom is 0.436 e. The molecule has 0 spiro atoms. The Balaban J connectivity index is 1.70. The predicted molar refractivity (Wildman–Crippen MR) is 111 cm³/mol. The molecule has 11 heteroatoms. The highest BCUT2D eigenvalue weighted by Gasteiger charge is 2.39. The van der Waals surface area contributed by atoms with E-state index in [1.807, 2.05) is 6.07 Å². The van der Waals surface area contributed by atoms with Crippen molar-refractivity contribution in [2.45, 2.75) is 32.5 Å². The number of rotatable bonds is 4. The molecular weight excluding hydrogens is 442 g/mol. The second-order valence-electron chi connectivity index (χ2n) is 7.43. The Hall–Kier alpha value is -2.13. The van der Waals surface area contributed by atoms with Gasteiger partial charge in [0.25, 0.3) is 0 Å². The molecule has 6 nitrogen and oxygen atoms in total. The molecule has 0 unspecified atom stereocenters. The van der Waals surface area contributed by atoms with E-state index in [1.165, 1.54) is 0 Å². The Labute approximate surface area is 182 Å². The number of benzene rings is 1. The number of carbonyl (C=O) groups excluding carboxylic acids is 1. The lowest BCUT2D eigenvalue weighted by Crippen LogP contribution is -2.49. The van der Waals surface area contributed by atoms with Crippen LogP contribution in [0.15, 0.2) is 18.2 Å². The van der Waals surface area contributed by atoms with Crippen LogP contribution in [-0.2, 0) is 17.5 Å². The molecule has 1 saturated heterocycles. The molecule has 164 valence electrons. The van der Waals surface area contributed by atoms with Crippen LogP contribution in [0.4, 0.5) is 24.5 Å². The molecular formula is C19H22Cl2F3N5O. The number of hydrogen-bond donors (Lipinski definition) is 1. The van der Waals surface area contributed by atoms with Crippen molar-refractivity contribution in [3.8, 4) is 0 Å². The number of nitrogen functional groups attached to an aromatic ring is 1. The number of halogens is 5. The molecule has 1 aromatic carbocycles. The van der Waals surface area contributed by atoms with Crippen molar-refractivity contribution in [1.82, 2.24) is 14.7 Å². The van der Waals surface area contributed by atoms with Crippen molar-refractivity contribution >= 4 is 40.5 Å². The van der Waals surface area contributed by atoms with Crippen molar-refractivity contribution in [1.29, 1.82) is 0 Å². The number of alkyl halides is 3. The molecule has 0 atom stereocenters. The van der Waals surface area contributed by atoms with Crippen molar-refractivity contribution in [2.75, 3.05) is 36.8 Å². The monoisotopic (exact) mass is 463 g/mol. The van der Waals surface area contributed by atoms with Crippen molar-refractivity contribution in [2.24, 2.45) is 0 Å². The smallest absolute Gasteiger partial charge is 0.397 e. The molecule has 1 aromatic heterocycles. The lowest BCUT2D eigenvalue weighted by atomic mass is 10.1. The standard InChI is InChI=1S/C19H22Cl2F3N5O/c1-11(2)17-16(21)18(19(22,23)24)26-29(17)10-15(30)28-7-5-27(6-8-28)12-3-4-13(20)14(25)9-12/h3-4,9,11H,5-8,10,25H2,1-2H3. The molecule has 3 rings (SSSR count). The minimum atomic E-state index is -4.68. The molecule has 2 heterocycles. The molecule has 1 aliphatic rings. The second kappa shape index (κ2) is 8.55. The summed E-state index contributed by atoms with van der Waals surface area (Å²) in [6.45, 7) is 5.12. The lowest BCUT2D eigenvalue weighted by molar-refractivity contribution is -0.142. The Morgan fingerprint density at radius 1 is 1.20 bits per heavy atom. The third-order valence-corrected chi connectivity index (χ3v) is 5.73. The van der Waals surface area contributed by atoms with Gasteiger partial charge < -0.3 is 15.5 Å². The van der Waals surface area contributed by atoms with Crippen molar-refractivity contribution < 1.29 is 18.0 Å². The van der Waals surface area contributed by atoms with E-state index in [0.717, 1.165) is 10.4 Å². The highest BCUT2D eigenvalue weighted by Crippen LogP contribution is 2.38. The lowest BCUT2D eigenvalue weighted by Gasteiger charge is -2.36. The van der Waals surface area contributed by atoms with E-state index in [-0.39, 0.29) is 24.1 Å². The molecule has 2 N–H and O–H groups in total. The zero-order valence-electron chi connectivity index (χ0n) is 16.5. The summed E-state index contributed by atoms with van der Waals surface area (Å²) >= 11 is 11.9. The van der Waals surface area contributed by atoms with Gasteiger partial charge >= 0.3 is 6.18 Å². The molecule has 30 heavy (non-hydrogen) atoms. The zero-order chi connectivity index (χ0) is 22.2. The van der Waals surface area contributed by atoms with Gasteiger partial charge in [0, 0.05) is 31.9 Å². The Bertz CT molecular complexity index is 937. The zero-order valence-corrected chi connectivity index (χ0v) is 18.0. The summed E-state index contributed by atoms with van der Waals surface area (Å²) in [5.41, 5.74) is 6.27. The quantitative estimate of drug-likeness (QED) is 0.687. The van der Waals surface area contributed by atoms with Crippen molar-refractivity contribution in [3.63, 3.8) is 0 Å². The van der Waals surface area contributed by atoms with Crippen LogP contribution in [-0.4, -0.2) is 46.8 Å². The highest BCUT2D eigenvalue weighted by atomic mass is 35.5. The average molecular weight is 464 g/mol. The predicted octanol–water partition coefficient (Wildman–Crippen LogP) is 4.26. The number of nitrogens with two attached hydrogens (primary N) is 1. The number of amides is 1. The number of nitrogens with zero attached hydrogens (tertiary/aromatic N) is 4. The van der Waals surface area contributed by atoms with Crippen LogP contribution in [0.1, 0.15) is 31.2 Å². The van der Waals surface area contributed by atoms with Gasteiger partial charge in [-0.25, -0.2) is 0 Å². The number of aromatic nitrogens is 2. The second-order valence-corrected chi connectivity index (χ2v) is 8.22. The third kappa shape index (κ3) is 4.62. The van der Waals surface area contributed by atoms with Gasteiger partial charge in [-0.1, -0.05) is 37.0 Å². The molecule has 2 aromatic rings. The molecule has 0 radical (unpaired) electrons. The van der Waals surface area contributed by atoms with Gasteiger partial charge in [-0.3, -0.25) is 9.48 Å². The SMILES string of the molecule is CC(C)c1c(Cl)c(C(F)(F)F)nn1CC(=O)N1CCN(c2ccc(Cl)c(N)c2)CC1. The van der Waals surface area contributed by atoms with Crippen LogP contribution >= 0.6 is 23.2 Å². The van der Waals surface area contributed by atoms with Gasteiger partial charge in [0.05, 0.1) is 21.4 Å². The van der Waals surface area contributed by atoms with Crippen LogP contribution < -0.4 is 10.6 Å². The minimum Gasteiger partial charge on any atom is -0.397 e. The first-order valence-electron chi connectivity index (χ1n) is 9.40. The van der Waals surface area contributed by atoms with E-state index in [1.54, 1.807) is 30.9 Å². The fourth-order valence-corrected chi connectivity index (χ4v) is 4.05. The molecule has 0 saturated carbocycles. The van der Waals surface area contributed by atoms with Gasteiger partial charge in [0.2, 0.25) is 5.91 Å². The molecule has 1 amide bonds. The van der Waals surface area contributed by atoms with Crippen LogP contribution in [0.25, 0.3) is 0 Å². The average Bonchev–Trinajstić information content (AvgIpc) is 3.00. The van der Waals surface area contributed by atoms with E-state index >= 15 is 0 Å². The van der Waals surface area contributed by atoms with Crippen LogP contribution in [0.3, 0.4) is 0 Å².